The summed E-state index contributed by atoms with van der Waals surface area (Å²) in [4.78, 5) is 14.3. The Labute approximate surface area is 127 Å². The summed E-state index contributed by atoms with van der Waals surface area (Å²) >= 11 is 0. The van der Waals surface area contributed by atoms with Gasteiger partial charge in [-0.3, -0.25) is 0 Å². The molecule has 1 aliphatic rings. The first kappa shape index (κ1) is 15.8. The molecule has 2 amide bonds. The van der Waals surface area contributed by atoms with Crippen molar-refractivity contribution in [2.45, 2.75) is 51.6 Å². The predicted molar refractivity (Wildman–Crippen MR) is 87.2 cm³/mol. The lowest BCUT2D eigenvalue weighted by Gasteiger charge is -2.36. The molecule has 0 bridgehead atoms. The number of carbonyl (C=O) groups excluding carboxylic acids is 1. The maximum absolute atomic E-state index is 12.4. The van der Waals surface area contributed by atoms with Crippen LogP contribution in [0.3, 0.4) is 0 Å². The Morgan fingerprint density at radius 2 is 2.10 bits per heavy atom. The van der Waals surface area contributed by atoms with E-state index in [1.165, 1.54) is 19.3 Å². The zero-order chi connectivity index (χ0) is 15.4. The van der Waals surface area contributed by atoms with Crippen molar-refractivity contribution in [1.29, 1.82) is 0 Å². The van der Waals surface area contributed by atoms with E-state index < -0.39 is 0 Å². The second-order valence-corrected chi connectivity index (χ2v) is 6.28. The van der Waals surface area contributed by atoms with Gasteiger partial charge in [-0.2, -0.15) is 0 Å². The molecule has 4 heteroatoms. The van der Waals surface area contributed by atoms with Crippen LogP contribution in [-0.2, 0) is 0 Å². The number of nitrogens with two attached hydrogens (primary N) is 1. The highest BCUT2D eigenvalue weighted by atomic mass is 16.2. The average molecular weight is 289 g/mol. The molecule has 0 heterocycles. The fourth-order valence-electron chi connectivity index (χ4n) is 3.13. The molecular formula is C17H27N3O. The van der Waals surface area contributed by atoms with Gasteiger partial charge in [0, 0.05) is 24.8 Å². The number of nitrogens with one attached hydrogen (secondary N) is 1. The number of hydrogen-bond acceptors (Lipinski definition) is 2. The van der Waals surface area contributed by atoms with Crippen LogP contribution in [0.5, 0.6) is 0 Å². The molecule has 1 aromatic carbocycles. The highest BCUT2D eigenvalue weighted by Gasteiger charge is 2.27. The Hall–Kier alpha value is -1.55. The number of benzene rings is 1. The molecule has 0 aromatic heterocycles. The zero-order valence-corrected chi connectivity index (χ0v) is 13.3. The molecule has 3 unspecified atom stereocenters. The van der Waals surface area contributed by atoms with E-state index in [9.17, 15) is 4.79 Å². The molecule has 1 aromatic rings. The number of amides is 2. The molecule has 3 N–H and O–H groups in total. The minimum atomic E-state index is -0.0319. The summed E-state index contributed by atoms with van der Waals surface area (Å²) in [6, 6.07) is 8.04. The quantitative estimate of drug-likeness (QED) is 0.890. The van der Waals surface area contributed by atoms with Crippen LogP contribution in [0, 0.1) is 5.92 Å². The molecule has 0 saturated heterocycles. The van der Waals surface area contributed by atoms with Gasteiger partial charge >= 0.3 is 6.03 Å². The standard InChI is InChI=1S/C17H27N3O/c1-12-7-4-5-10-16(12)20(3)17(21)19-15-9-6-8-14(11-15)13(2)18/h6,8-9,11-13,16H,4-5,7,10,18H2,1-3H3,(H,19,21). The van der Waals surface area contributed by atoms with Gasteiger partial charge in [0.25, 0.3) is 0 Å². The molecule has 2 rings (SSSR count). The van der Waals surface area contributed by atoms with Crippen LogP contribution < -0.4 is 11.1 Å². The second-order valence-electron chi connectivity index (χ2n) is 6.28. The molecule has 3 atom stereocenters. The maximum atomic E-state index is 12.4. The van der Waals surface area contributed by atoms with Gasteiger partial charge in [0.2, 0.25) is 0 Å². The van der Waals surface area contributed by atoms with E-state index in [1.807, 2.05) is 43.1 Å². The number of anilines is 1. The molecule has 116 valence electrons. The Balaban J connectivity index is 2.01. The van der Waals surface area contributed by atoms with E-state index in [1.54, 1.807) is 0 Å². The first-order valence-corrected chi connectivity index (χ1v) is 7.88. The van der Waals surface area contributed by atoms with E-state index in [0.717, 1.165) is 17.7 Å². The molecule has 4 nitrogen and oxygen atoms in total. The van der Waals surface area contributed by atoms with E-state index in [-0.39, 0.29) is 12.1 Å². The topological polar surface area (TPSA) is 58.4 Å². The third kappa shape index (κ3) is 3.97. The van der Waals surface area contributed by atoms with Gasteiger partial charge in [0.05, 0.1) is 0 Å². The number of rotatable bonds is 3. The largest absolute Gasteiger partial charge is 0.324 e. The summed E-state index contributed by atoms with van der Waals surface area (Å²) in [5.74, 6) is 0.574. The molecule has 0 radical (unpaired) electrons. The second kappa shape index (κ2) is 6.94. The van der Waals surface area contributed by atoms with Crippen molar-refractivity contribution < 1.29 is 4.79 Å². The molecule has 1 aliphatic carbocycles. The first-order chi connectivity index (χ1) is 9.99. The molecule has 1 fully saturated rings. The van der Waals surface area contributed by atoms with Gasteiger partial charge in [0.15, 0.2) is 0 Å². The molecule has 21 heavy (non-hydrogen) atoms. The van der Waals surface area contributed by atoms with Gasteiger partial charge in [-0.1, -0.05) is 31.9 Å². The van der Waals surface area contributed by atoms with Crippen molar-refractivity contribution in [1.82, 2.24) is 4.90 Å². The number of carbonyl (C=O) groups is 1. The van der Waals surface area contributed by atoms with Crippen LogP contribution in [0.1, 0.15) is 51.1 Å². The summed E-state index contributed by atoms with van der Waals surface area (Å²) in [5.41, 5.74) is 7.72. The van der Waals surface area contributed by atoms with E-state index in [0.29, 0.717) is 12.0 Å². The lowest BCUT2D eigenvalue weighted by molar-refractivity contribution is 0.155. The molecule has 0 spiro atoms. The minimum Gasteiger partial charge on any atom is -0.324 e. The predicted octanol–water partition coefficient (Wildman–Crippen LogP) is 3.75. The average Bonchev–Trinajstić information content (AvgIpc) is 2.47. The van der Waals surface area contributed by atoms with Crippen LogP contribution in [-0.4, -0.2) is 24.0 Å². The fraction of sp³-hybridized carbons (Fsp3) is 0.588. The van der Waals surface area contributed by atoms with Crippen LogP contribution in [0.4, 0.5) is 10.5 Å². The first-order valence-electron chi connectivity index (χ1n) is 7.88. The lowest BCUT2D eigenvalue weighted by atomic mass is 9.85. The number of hydrogen-bond donors (Lipinski definition) is 2. The van der Waals surface area contributed by atoms with Crippen molar-refractivity contribution >= 4 is 11.7 Å². The monoisotopic (exact) mass is 289 g/mol. The Morgan fingerprint density at radius 3 is 2.76 bits per heavy atom. The highest BCUT2D eigenvalue weighted by Crippen LogP contribution is 2.27. The summed E-state index contributed by atoms with van der Waals surface area (Å²) in [7, 11) is 1.90. The Kier molecular flexibility index (Phi) is 5.23. The minimum absolute atomic E-state index is 0.0297. The van der Waals surface area contributed by atoms with Gasteiger partial charge in [-0.15, -0.1) is 0 Å². The summed E-state index contributed by atoms with van der Waals surface area (Å²) < 4.78 is 0. The van der Waals surface area contributed by atoms with Crippen molar-refractivity contribution in [2.75, 3.05) is 12.4 Å². The van der Waals surface area contributed by atoms with Crippen molar-refractivity contribution in [3.8, 4) is 0 Å². The normalized spacial score (nSPS) is 23.4. The van der Waals surface area contributed by atoms with E-state index in [2.05, 4.69) is 12.2 Å². The molecular weight excluding hydrogens is 262 g/mol. The molecule has 0 aliphatic heterocycles. The van der Waals surface area contributed by atoms with Gasteiger partial charge in [0.1, 0.15) is 0 Å². The van der Waals surface area contributed by atoms with E-state index in [4.69, 9.17) is 5.73 Å². The van der Waals surface area contributed by atoms with Crippen LogP contribution in [0.15, 0.2) is 24.3 Å². The Morgan fingerprint density at radius 1 is 1.38 bits per heavy atom. The summed E-state index contributed by atoms with van der Waals surface area (Å²) in [6.07, 6.45) is 4.81. The van der Waals surface area contributed by atoms with Gasteiger partial charge < -0.3 is 16.0 Å². The Bertz CT molecular complexity index is 487. The van der Waals surface area contributed by atoms with Crippen LogP contribution in [0.25, 0.3) is 0 Å². The smallest absolute Gasteiger partial charge is 0.321 e. The third-order valence-corrected chi connectivity index (χ3v) is 4.55. The number of urea groups is 1. The number of nitrogens with zero attached hydrogens (tertiary/aromatic N) is 1. The summed E-state index contributed by atoms with van der Waals surface area (Å²) in [6.45, 7) is 4.18. The van der Waals surface area contributed by atoms with Gasteiger partial charge in [-0.05, 0) is 43.4 Å². The fourth-order valence-corrected chi connectivity index (χ4v) is 3.13. The zero-order valence-electron chi connectivity index (χ0n) is 13.3. The maximum Gasteiger partial charge on any atom is 0.321 e. The van der Waals surface area contributed by atoms with Gasteiger partial charge in [-0.25, -0.2) is 4.79 Å². The van der Waals surface area contributed by atoms with Crippen molar-refractivity contribution in [3.63, 3.8) is 0 Å². The van der Waals surface area contributed by atoms with E-state index >= 15 is 0 Å². The van der Waals surface area contributed by atoms with Crippen LogP contribution in [0.2, 0.25) is 0 Å². The van der Waals surface area contributed by atoms with Crippen molar-refractivity contribution in [3.05, 3.63) is 29.8 Å². The summed E-state index contributed by atoms with van der Waals surface area (Å²) in [5, 5.41) is 2.99. The lowest BCUT2D eigenvalue weighted by Crippen LogP contribution is -2.44. The van der Waals surface area contributed by atoms with Crippen LogP contribution >= 0.6 is 0 Å². The third-order valence-electron chi connectivity index (χ3n) is 4.55. The molecule has 1 saturated carbocycles. The SMILES string of the molecule is CC(N)c1cccc(NC(=O)N(C)C2CCCCC2C)c1. The highest BCUT2D eigenvalue weighted by molar-refractivity contribution is 5.89. The van der Waals surface area contributed by atoms with Crippen molar-refractivity contribution in [2.24, 2.45) is 11.7 Å².